The van der Waals surface area contributed by atoms with Crippen LogP contribution in [0.2, 0.25) is 0 Å². The third kappa shape index (κ3) is 3.63. The van der Waals surface area contributed by atoms with Crippen molar-refractivity contribution in [2.45, 2.75) is 70.5 Å². The van der Waals surface area contributed by atoms with E-state index < -0.39 is 5.66 Å². The van der Waals surface area contributed by atoms with E-state index in [0.717, 1.165) is 51.0 Å². The van der Waals surface area contributed by atoms with E-state index in [9.17, 15) is 9.59 Å². The quantitative estimate of drug-likeness (QED) is 0.693. The van der Waals surface area contributed by atoms with Crippen LogP contribution in [-0.4, -0.2) is 48.1 Å². The minimum Gasteiger partial charge on any atom is -0.362 e. The van der Waals surface area contributed by atoms with Gasteiger partial charge in [-0.25, -0.2) is 0 Å². The van der Waals surface area contributed by atoms with Crippen molar-refractivity contribution in [1.29, 1.82) is 0 Å². The molecular formula is C25H36N4O2. The average Bonchev–Trinajstić information content (AvgIpc) is 2.74. The lowest BCUT2D eigenvalue weighted by molar-refractivity contribution is -0.139. The lowest BCUT2D eigenvalue weighted by Gasteiger charge is -2.60. The Balaban J connectivity index is 1.25. The Morgan fingerprint density at radius 2 is 2.06 bits per heavy atom. The summed E-state index contributed by atoms with van der Waals surface area (Å²) in [6, 6.07) is 8.36. The molecule has 2 amide bonds. The molecule has 1 aromatic carbocycles. The molecule has 31 heavy (non-hydrogen) atoms. The minimum atomic E-state index is -0.432. The number of fused-ring (bicyclic) bond motifs is 3. The Morgan fingerprint density at radius 1 is 1.23 bits per heavy atom. The minimum absolute atomic E-state index is 0.00199. The van der Waals surface area contributed by atoms with E-state index in [2.05, 4.69) is 34.7 Å². The maximum absolute atomic E-state index is 13.2. The topological polar surface area (TPSA) is 73.5 Å². The van der Waals surface area contributed by atoms with Gasteiger partial charge in [0.15, 0.2) is 0 Å². The van der Waals surface area contributed by atoms with Gasteiger partial charge < -0.3 is 16.0 Å². The number of nitrogens with one attached hydrogen (secondary N) is 3. The highest BCUT2D eigenvalue weighted by Gasteiger charge is 2.60. The Kier molecular flexibility index (Phi) is 5.24. The van der Waals surface area contributed by atoms with Crippen molar-refractivity contribution < 1.29 is 9.59 Å². The number of hydrogen-bond acceptors (Lipinski definition) is 4. The first-order valence-corrected chi connectivity index (χ1v) is 12.1. The number of rotatable bonds is 4. The first-order chi connectivity index (χ1) is 14.9. The van der Waals surface area contributed by atoms with Gasteiger partial charge in [0.2, 0.25) is 5.91 Å². The van der Waals surface area contributed by atoms with Gasteiger partial charge in [0, 0.05) is 36.7 Å². The zero-order valence-electron chi connectivity index (χ0n) is 18.9. The van der Waals surface area contributed by atoms with E-state index in [1.54, 1.807) is 0 Å². The van der Waals surface area contributed by atoms with Gasteiger partial charge in [-0.05, 0) is 69.5 Å². The Morgan fingerprint density at radius 3 is 2.87 bits per heavy atom. The summed E-state index contributed by atoms with van der Waals surface area (Å²) in [7, 11) is 0. The summed E-state index contributed by atoms with van der Waals surface area (Å²) in [5, 5.41) is 10.2. The predicted octanol–water partition coefficient (Wildman–Crippen LogP) is 3.36. The normalized spacial score (nSPS) is 37.1. The van der Waals surface area contributed by atoms with Gasteiger partial charge in [-0.2, -0.15) is 0 Å². The first-order valence-electron chi connectivity index (χ1n) is 12.1. The molecule has 4 fully saturated rings. The van der Waals surface area contributed by atoms with Crippen LogP contribution in [0.25, 0.3) is 0 Å². The number of hydrogen-bond donors (Lipinski definition) is 3. The van der Waals surface area contributed by atoms with E-state index in [0.29, 0.717) is 11.6 Å². The van der Waals surface area contributed by atoms with Crippen molar-refractivity contribution in [2.24, 2.45) is 17.3 Å². The molecule has 3 aliphatic carbocycles. The standard InChI is InChI=1S/C25H36N4O2/c1-17-7-5-6-13-29(17)14-12-26-23(31)20-15-18-10-11-24(20,2)16-25(18)27-21-9-4-3-8-19(21)22(30)28-25/h3-4,8-9,17-18,20,27H,5-7,10-16H2,1-2H3,(H,26,31)(H,28,30)/t17-,18-,20-,24+,25+/m1/s1. The molecule has 6 heteroatoms. The van der Waals surface area contributed by atoms with E-state index >= 15 is 0 Å². The van der Waals surface area contributed by atoms with Crippen LogP contribution in [0, 0.1) is 17.3 Å². The molecule has 1 aromatic rings. The SMILES string of the molecule is C[C@@H]1CCCCN1CCNC(=O)[C@H]1C[C@H]2CC[C@@]1(C)C[C@]21NC(=O)c2ccccc2N1. The van der Waals surface area contributed by atoms with Crippen molar-refractivity contribution in [3.05, 3.63) is 29.8 Å². The summed E-state index contributed by atoms with van der Waals surface area (Å²) in [6.45, 7) is 7.36. The summed E-state index contributed by atoms with van der Waals surface area (Å²) in [5.41, 5.74) is 1.09. The Bertz CT molecular complexity index is 873. The lowest BCUT2D eigenvalue weighted by Crippen LogP contribution is -2.70. The number of amides is 2. The first kappa shape index (κ1) is 20.8. The third-order valence-corrected chi connectivity index (χ3v) is 8.63. The average molecular weight is 425 g/mol. The molecule has 0 radical (unpaired) electrons. The highest BCUT2D eigenvalue weighted by molar-refractivity contribution is 6.02. The summed E-state index contributed by atoms with van der Waals surface area (Å²) in [5.74, 6) is 0.493. The summed E-state index contributed by atoms with van der Waals surface area (Å²) in [6.07, 6.45) is 7.57. The van der Waals surface area contributed by atoms with Crippen molar-refractivity contribution in [3.63, 3.8) is 0 Å². The molecule has 6 nitrogen and oxygen atoms in total. The van der Waals surface area contributed by atoms with Crippen molar-refractivity contribution in [3.8, 4) is 0 Å². The van der Waals surface area contributed by atoms with Crippen LogP contribution in [-0.2, 0) is 4.79 Å². The van der Waals surface area contributed by atoms with E-state index in [1.807, 2.05) is 24.3 Å². The molecule has 2 heterocycles. The number of anilines is 1. The zero-order valence-corrected chi connectivity index (χ0v) is 18.9. The number of para-hydroxylation sites is 1. The highest BCUT2D eigenvalue weighted by atomic mass is 16.2. The Labute approximate surface area is 185 Å². The molecule has 5 aliphatic rings. The van der Waals surface area contributed by atoms with Gasteiger partial charge in [-0.15, -0.1) is 0 Å². The molecule has 3 N–H and O–H groups in total. The number of carbonyl (C=O) groups is 2. The lowest BCUT2D eigenvalue weighted by atomic mass is 9.51. The maximum atomic E-state index is 13.2. The fourth-order valence-corrected chi connectivity index (χ4v) is 6.79. The molecule has 1 saturated heterocycles. The van der Waals surface area contributed by atoms with Gasteiger partial charge >= 0.3 is 0 Å². The van der Waals surface area contributed by atoms with Crippen molar-refractivity contribution in [2.75, 3.05) is 25.0 Å². The van der Waals surface area contributed by atoms with Crippen LogP contribution in [0.3, 0.4) is 0 Å². The molecule has 168 valence electrons. The van der Waals surface area contributed by atoms with Crippen molar-refractivity contribution in [1.82, 2.24) is 15.5 Å². The smallest absolute Gasteiger partial charge is 0.255 e. The summed E-state index contributed by atoms with van der Waals surface area (Å²) >= 11 is 0. The molecule has 5 atom stereocenters. The molecular weight excluding hydrogens is 388 g/mol. The van der Waals surface area contributed by atoms with Gasteiger partial charge in [-0.1, -0.05) is 25.5 Å². The highest BCUT2D eigenvalue weighted by Crippen LogP contribution is 2.58. The number of carbonyl (C=O) groups excluding carboxylic acids is 2. The van der Waals surface area contributed by atoms with E-state index in [-0.39, 0.29) is 29.1 Å². The summed E-state index contributed by atoms with van der Waals surface area (Å²) in [4.78, 5) is 28.6. The van der Waals surface area contributed by atoms with Gasteiger partial charge in [0.05, 0.1) is 5.56 Å². The molecule has 2 bridgehead atoms. The molecule has 2 aliphatic heterocycles. The second kappa shape index (κ2) is 7.80. The third-order valence-electron chi connectivity index (χ3n) is 8.63. The molecule has 1 spiro atoms. The maximum Gasteiger partial charge on any atom is 0.255 e. The predicted molar refractivity (Wildman–Crippen MR) is 122 cm³/mol. The van der Waals surface area contributed by atoms with Crippen LogP contribution >= 0.6 is 0 Å². The number of likely N-dealkylation sites (tertiary alicyclic amines) is 1. The van der Waals surface area contributed by atoms with Crippen LogP contribution in [0.4, 0.5) is 5.69 Å². The Hall–Kier alpha value is -2.08. The monoisotopic (exact) mass is 424 g/mol. The van der Waals surface area contributed by atoms with Crippen LogP contribution in [0.5, 0.6) is 0 Å². The van der Waals surface area contributed by atoms with E-state index in [1.165, 1.54) is 19.3 Å². The molecule has 0 aromatic heterocycles. The number of nitrogens with zero attached hydrogens (tertiary/aromatic N) is 1. The number of piperidine rings is 1. The van der Waals surface area contributed by atoms with Crippen LogP contribution in [0.1, 0.15) is 69.2 Å². The van der Waals surface area contributed by atoms with Gasteiger partial charge in [-0.3, -0.25) is 14.5 Å². The number of benzene rings is 1. The van der Waals surface area contributed by atoms with Crippen LogP contribution < -0.4 is 16.0 Å². The molecule has 0 unspecified atom stereocenters. The fourth-order valence-electron chi connectivity index (χ4n) is 6.79. The largest absolute Gasteiger partial charge is 0.362 e. The fraction of sp³-hybridized carbons (Fsp3) is 0.680. The van der Waals surface area contributed by atoms with Crippen LogP contribution in [0.15, 0.2) is 24.3 Å². The van der Waals surface area contributed by atoms with E-state index in [4.69, 9.17) is 0 Å². The van der Waals surface area contributed by atoms with Gasteiger partial charge in [0.1, 0.15) is 5.66 Å². The van der Waals surface area contributed by atoms with Crippen molar-refractivity contribution >= 4 is 17.5 Å². The summed E-state index contributed by atoms with van der Waals surface area (Å²) < 4.78 is 0. The van der Waals surface area contributed by atoms with Gasteiger partial charge in [0.25, 0.3) is 5.91 Å². The molecule has 6 rings (SSSR count). The zero-order chi connectivity index (χ0) is 21.6. The molecule has 3 saturated carbocycles. The second-order valence-electron chi connectivity index (χ2n) is 10.6. The second-order valence-corrected chi connectivity index (χ2v) is 10.6.